The van der Waals surface area contributed by atoms with Crippen LogP contribution < -0.4 is 0 Å². The summed E-state index contributed by atoms with van der Waals surface area (Å²) in [6, 6.07) is 0. The van der Waals surface area contributed by atoms with Gasteiger partial charge in [0.25, 0.3) is 0 Å². The molecule has 0 heterocycles. The summed E-state index contributed by atoms with van der Waals surface area (Å²) < 4.78 is 0. The Morgan fingerprint density at radius 1 is 0.760 bits per heavy atom. The second kappa shape index (κ2) is 6.72. The first-order valence-corrected chi connectivity index (χ1v) is 13.1. The van der Waals surface area contributed by atoms with Gasteiger partial charge in [0.1, 0.15) is 8.07 Å². The van der Waals surface area contributed by atoms with Crippen LogP contribution in [0.5, 0.6) is 0 Å². The largest absolute Gasteiger partial charge is 0.113 e. The predicted octanol–water partition coefficient (Wildman–Crippen LogP) is 7.26. The number of hydrogen-bond acceptors (Lipinski definition) is 0. The standard InChI is InChI=1S/C24H38Si/c1-11-17-13-19(23(3,4)5)21(15-17)25(9,10)22-16-18(12-2)14-20(22)24(6,7)8/h13-14,17-18H,11-12H2,1-10H3. The Labute approximate surface area is 158 Å². The van der Waals surface area contributed by atoms with Gasteiger partial charge in [0.2, 0.25) is 0 Å². The molecule has 0 nitrogen and oxygen atoms in total. The first-order valence-electron chi connectivity index (χ1n) is 10.1. The van der Waals surface area contributed by atoms with E-state index in [-0.39, 0.29) is 10.8 Å². The Hall–Kier alpha value is -0.823. The number of allylic oxidation sites excluding steroid dienone is 8. The molecule has 2 atom stereocenters. The maximum atomic E-state index is 3.92. The molecule has 0 fully saturated rings. The maximum Gasteiger partial charge on any atom is 0.113 e. The van der Waals surface area contributed by atoms with Crippen molar-refractivity contribution in [1.82, 2.24) is 0 Å². The van der Waals surface area contributed by atoms with Crippen molar-refractivity contribution < 1.29 is 0 Å². The van der Waals surface area contributed by atoms with Gasteiger partial charge in [-0.3, -0.25) is 0 Å². The highest BCUT2D eigenvalue weighted by molar-refractivity contribution is 6.92. The second-order valence-electron chi connectivity index (χ2n) is 10.4. The lowest BCUT2D eigenvalue weighted by molar-refractivity contribution is 0.511. The summed E-state index contributed by atoms with van der Waals surface area (Å²) in [6.07, 6.45) is 15.1. The van der Waals surface area contributed by atoms with Gasteiger partial charge in [-0.1, -0.05) is 80.6 Å². The van der Waals surface area contributed by atoms with E-state index >= 15 is 0 Å². The van der Waals surface area contributed by atoms with E-state index in [1.807, 2.05) is 0 Å². The van der Waals surface area contributed by atoms with Crippen molar-refractivity contribution in [2.24, 2.45) is 22.7 Å². The van der Waals surface area contributed by atoms with Crippen molar-refractivity contribution in [3.63, 3.8) is 0 Å². The minimum atomic E-state index is -1.82. The fourth-order valence-corrected chi connectivity index (χ4v) is 7.63. The summed E-state index contributed by atoms with van der Waals surface area (Å²) >= 11 is 0. The molecule has 0 aliphatic heterocycles. The molecule has 0 saturated carbocycles. The minimum Gasteiger partial charge on any atom is -0.0734 e. The third-order valence-corrected chi connectivity index (χ3v) is 9.01. The molecule has 138 valence electrons. The van der Waals surface area contributed by atoms with Gasteiger partial charge in [-0.2, -0.15) is 0 Å². The maximum absolute atomic E-state index is 3.92. The van der Waals surface area contributed by atoms with Crippen molar-refractivity contribution in [2.75, 3.05) is 0 Å². The molecule has 0 amide bonds. The van der Waals surface area contributed by atoms with E-state index in [9.17, 15) is 0 Å². The lowest BCUT2D eigenvalue weighted by Gasteiger charge is -2.37. The summed E-state index contributed by atoms with van der Waals surface area (Å²) in [6.45, 7) is 23.7. The topological polar surface area (TPSA) is 0 Å². The van der Waals surface area contributed by atoms with Crippen LogP contribution in [0.4, 0.5) is 0 Å². The predicted molar refractivity (Wildman–Crippen MR) is 114 cm³/mol. The zero-order valence-corrected chi connectivity index (χ0v) is 19.2. The Morgan fingerprint density at radius 3 is 1.32 bits per heavy atom. The smallest absolute Gasteiger partial charge is 0.0734 e. The Bertz CT molecular complexity index is 583. The van der Waals surface area contributed by atoms with Crippen LogP contribution in [-0.4, -0.2) is 8.07 Å². The van der Waals surface area contributed by atoms with Crippen molar-refractivity contribution in [3.05, 3.63) is 45.8 Å². The average Bonchev–Trinajstić information content (AvgIpc) is 3.10. The van der Waals surface area contributed by atoms with Crippen LogP contribution in [0.2, 0.25) is 13.1 Å². The Kier molecular flexibility index (Phi) is 5.51. The molecule has 2 unspecified atom stereocenters. The summed E-state index contributed by atoms with van der Waals surface area (Å²) in [4.78, 5) is 0. The Morgan fingerprint density at radius 2 is 1.08 bits per heavy atom. The summed E-state index contributed by atoms with van der Waals surface area (Å²) in [5, 5.41) is 3.09. The fourth-order valence-electron chi connectivity index (χ4n) is 4.03. The molecule has 2 radical (unpaired) electrons. The molecule has 0 aromatic carbocycles. The third kappa shape index (κ3) is 3.97. The van der Waals surface area contributed by atoms with Gasteiger partial charge in [-0.25, -0.2) is 0 Å². The molecule has 2 rings (SSSR count). The highest BCUT2D eigenvalue weighted by Crippen LogP contribution is 2.49. The molecule has 0 N–H and O–H groups in total. The van der Waals surface area contributed by atoms with Crippen LogP contribution in [-0.2, 0) is 0 Å². The van der Waals surface area contributed by atoms with Gasteiger partial charge in [-0.05, 0) is 57.4 Å². The Balaban J connectivity index is 2.54. The second-order valence-corrected chi connectivity index (χ2v) is 14.6. The molecule has 0 saturated heterocycles. The molecular formula is C24H38Si. The molecular weight excluding hydrogens is 316 g/mol. The molecule has 0 aromatic rings. The van der Waals surface area contributed by atoms with E-state index in [2.05, 4.69) is 92.8 Å². The van der Waals surface area contributed by atoms with Gasteiger partial charge < -0.3 is 0 Å². The summed E-state index contributed by atoms with van der Waals surface area (Å²) in [5.41, 5.74) is 3.45. The quantitative estimate of drug-likeness (QED) is 0.466. The van der Waals surface area contributed by atoms with Gasteiger partial charge in [0.15, 0.2) is 0 Å². The van der Waals surface area contributed by atoms with Gasteiger partial charge >= 0.3 is 0 Å². The van der Waals surface area contributed by atoms with Crippen molar-refractivity contribution in [3.8, 4) is 0 Å². The van der Waals surface area contributed by atoms with Gasteiger partial charge in [0.05, 0.1) is 0 Å². The highest BCUT2D eigenvalue weighted by Gasteiger charge is 2.43. The molecule has 25 heavy (non-hydrogen) atoms. The zero-order chi connectivity index (χ0) is 19.2. The van der Waals surface area contributed by atoms with Crippen LogP contribution in [0.15, 0.2) is 33.7 Å². The van der Waals surface area contributed by atoms with E-state index in [0.29, 0.717) is 11.8 Å². The monoisotopic (exact) mass is 354 g/mol. The van der Waals surface area contributed by atoms with E-state index < -0.39 is 8.07 Å². The van der Waals surface area contributed by atoms with E-state index in [1.54, 1.807) is 21.5 Å². The van der Waals surface area contributed by atoms with Crippen molar-refractivity contribution >= 4 is 8.07 Å². The van der Waals surface area contributed by atoms with Crippen LogP contribution in [0.25, 0.3) is 0 Å². The molecule has 2 aliphatic rings. The normalized spacial score (nSPS) is 24.9. The van der Waals surface area contributed by atoms with Crippen LogP contribution in [0, 0.1) is 34.8 Å². The van der Waals surface area contributed by atoms with Crippen LogP contribution in [0.1, 0.15) is 68.2 Å². The van der Waals surface area contributed by atoms with Gasteiger partial charge in [0, 0.05) is 11.8 Å². The molecule has 2 aliphatic carbocycles. The molecule has 0 spiro atoms. The lowest BCUT2D eigenvalue weighted by atomic mass is 9.86. The van der Waals surface area contributed by atoms with Gasteiger partial charge in [-0.15, -0.1) is 0 Å². The number of hydrogen-bond donors (Lipinski definition) is 0. The zero-order valence-electron chi connectivity index (χ0n) is 18.2. The van der Waals surface area contributed by atoms with Crippen molar-refractivity contribution in [2.45, 2.75) is 81.3 Å². The summed E-state index contributed by atoms with van der Waals surface area (Å²) in [7, 11) is -1.82. The molecule has 0 bridgehead atoms. The van der Waals surface area contributed by atoms with E-state index in [0.717, 1.165) is 12.8 Å². The number of rotatable bonds is 4. The van der Waals surface area contributed by atoms with E-state index in [1.165, 1.54) is 0 Å². The lowest BCUT2D eigenvalue weighted by Crippen LogP contribution is -2.37. The third-order valence-electron chi connectivity index (χ3n) is 5.68. The summed E-state index contributed by atoms with van der Waals surface area (Å²) in [5.74, 6) is 0.976. The molecule has 1 heteroatoms. The average molecular weight is 355 g/mol. The highest BCUT2D eigenvalue weighted by atomic mass is 28.3. The van der Waals surface area contributed by atoms with Crippen LogP contribution in [0.3, 0.4) is 0 Å². The van der Waals surface area contributed by atoms with Crippen LogP contribution >= 0.6 is 0 Å². The van der Waals surface area contributed by atoms with E-state index in [4.69, 9.17) is 0 Å². The first-order chi connectivity index (χ1) is 11.3. The first kappa shape index (κ1) is 20.5. The minimum absolute atomic E-state index is 0.186. The SMILES string of the molecule is CCC1[C]=C([Si](C)(C)C2=[C]C(CC)C=C2C(C)(C)C)C(C(C)(C)C)=C1. The fraction of sp³-hybridized carbons (Fsp3) is 0.667. The van der Waals surface area contributed by atoms with Crippen molar-refractivity contribution in [1.29, 1.82) is 0 Å². The molecule has 0 aromatic heterocycles.